The lowest BCUT2D eigenvalue weighted by molar-refractivity contribution is -0.0792. The first-order valence-electron chi connectivity index (χ1n) is 5.73. The number of nitrogens with zero attached hydrogens (tertiary/aromatic N) is 1. The Labute approximate surface area is 87.6 Å². The van der Waals surface area contributed by atoms with E-state index >= 15 is 0 Å². The Kier molecular flexibility index (Phi) is 4.85. The second-order valence-corrected chi connectivity index (χ2v) is 4.49. The molecular formula is C11H24N2O. The van der Waals surface area contributed by atoms with Crippen LogP contribution in [0.15, 0.2) is 0 Å². The Hall–Kier alpha value is -0.120. The zero-order valence-corrected chi connectivity index (χ0v) is 9.70. The van der Waals surface area contributed by atoms with Crippen molar-refractivity contribution < 1.29 is 4.74 Å². The summed E-state index contributed by atoms with van der Waals surface area (Å²) in [5.74, 6) is 0. The highest BCUT2D eigenvalue weighted by atomic mass is 16.5. The lowest BCUT2D eigenvalue weighted by atomic mass is 10.1. The standard InChI is InChI=1S/C11H24N2O/c1-9(5-4-6-12)13-7-10(2)14-11(3)8-13/h9-11H,4-8,12H2,1-3H3. The van der Waals surface area contributed by atoms with Crippen LogP contribution in [0.2, 0.25) is 0 Å². The van der Waals surface area contributed by atoms with Crippen molar-refractivity contribution in [2.75, 3.05) is 19.6 Å². The minimum atomic E-state index is 0.374. The highest BCUT2D eigenvalue weighted by Gasteiger charge is 2.25. The number of nitrogens with two attached hydrogens (primary N) is 1. The molecule has 0 aromatic heterocycles. The van der Waals surface area contributed by atoms with Gasteiger partial charge in [0.05, 0.1) is 12.2 Å². The fourth-order valence-electron chi connectivity index (χ4n) is 2.17. The van der Waals surface area contributed by atoms with Gasteiger partial charge in [0.2, 0.25) is 0 Å². The maximum Gasteiger partial charge on any atom is 0.0678 e. The van der Waals surface area contributed by atoms with E-state index < -0.39 is 0 Å². The molecule has 2 N–H and O–H groups in total. The van der Waals surface area contributed by atoms with Crippen molar-refractivity contribution in [3.8, 4) is 0 Å². The maximum atomic E-state index is 5.70. The SMILES string of the molecule is CC1CN(C(C)CCCN)CC(C)O1. The molecule has 14 heavy (non-hydrogen) atoms. The monoisotopic (exact) mass is 200 g/mol. The van der Waals surface area contributed by atoms with Crippen LogP contribution < -0.4 is 5.73 Å². The van der Waals surface area contributed by atoms with Gasteiger partial charge in [-0.3, -0.25) is 4.90 Å². The summed E-state index contributed by atoms with van der Waals surface area (Å²) in [6.07, 6.45) is 3.08. The zero-order valence-electron chi connectivity index (χ0n) is 9.70. The quantitative estimate of drug-likeness (QED) is 0.741. The second-order valence-electron chi connectivity index (χ2n) is 4.49. The molecule has 1 aliphatic heterocycles. The average molecular weight is 200 g/mol. The summed E-state index contributed by atoms with van der Waals surface area (Å²) in [4.78, 5) is 2.52. The third-order valence-corrected chi connectivity index (χ3v) is 2.90. The molecule has 3 heteroatoms. The largest absolute Gasteiger partial charge is 0.373 e. The number of hydrogen-bond acceptors (Lipinski definition) is 3. The minimum absolute atomic E-state index is 0.374. The summed E-state index contributed by atoms with van der Waals surface area (Å²) in [5, 5.41) is 0. The Morgan fingerprint density at radius 1 is 1.36 bits per heavy atom. The molecule has 3 nitrogen and oxygen atoms in total. The summed E-state index contributed by atoms with van der Waals surface area (Å²) in [6.45, 7) is 9.53. The fourth-order valence-corrected chi connectivity index (χ4v) is 2.17. The van der Waals surface area contributed by atoms with E-state index in [1.807, 2.05) is 0 Å². The number of morpholine rings is 1. The molecule has 0 aromatic rings. The lowest BCUT2D eigenvalue weighted by Crippen LogP contribution is -2.49. The van der Waals surface area contributed by atoms with Gasteiger partial charge in [-0.1, -0.05) is 0 Å². The van der Waals surface area contributed by atoms with E-state index in [2.05, 4.69) is 25.7 Å². The molecule has 84 valence electrons. The van der Waals surface area contributed by atoms with Crippen LogP contribution in [-0.2, 0) is 4.74 Å². The van der Waals surface area contributed by atoms with Crippen molar-refractivity contribution in [1.82, 2.24) is 4.90 Å². The molecule has 1 aliphatic rings. The summed E-state index contributed by atoms with van der Waals surface area (Å²) < 4.78 is 5.70. The van der Waals surface area contributed by atoms with Gasteiger partial charge in [0.25, 0.3) is 0 Å². The molecule has 3 unspecified atom stereocenters. The Morgan fingerprint density at radius 2 is 1.93 bits per heavy atom. The van der Waals surface area contributed by atoms with E-state index in [0.29, 0.717) is 18.2 Å². The topological polar surface area (TPSA) is 38.5 Å². The first-order chi connectivity index (χ1) is 6.63. The van der Waals surface area contributed by atoms with Crippen molar-refractivity contribution in [2.24, 2.45) is 5.73 Å². The summed E-state index contributed by atoms with van der Waals surface area (Å²) >= 11 is 0. The van der Waals surface area contributed by atoms with Crippen LogP contribution in [0.3, 0.4) is 0 Å². The first-order valence-corrected chi connectivity index (χ1v) is 5.73. The molecular weight excluding hydrogens is 176 g/mol. The molecule has 1 fully saturated rings. The van der Waals surface area contributed by atoms with Gasteiger partial charge in [-0.05, 0) is 40.2 Å². The summed E-state index contributed by atoms with van der Waals surface area (Å²) in [5.41, 5.74) is 5.52. The number of hydrogen-bond donors (Lipinski definition) is 1. The van der Waals surface area contributed by atoms with Crippen LogP contribution in [0.1, 0.15) is 33.6 Å². The highest BCUT2D eigenvalue weighted by Crippen LogP contribution is 2.15. The minimum Gasteiger partial charge on any atom is -0.373 e. The molecule has 1 heterocycles. The number of ether oxygens (including phenoxy) is 1. The molecule has 0 bridgehead atoms. The zero-order chi connectivity index (χ0) is 10.6. The lowest BCUT2D eigenvalue weighted by Gasteiger charge is -2.39. The van der Waals surface area contributed by atoms with E-state index in [9.17, 15) is 0 Å². The number of rotatable bonds is 4. The van der Waals surface area contributed by atoms with Crippen molar-refractivity contribution >= 4 is 0 Å². The van der Waals surface area contributed by atoms with Gasteiger partial charge < -0.3 is 10.5 Å². The molecule has 0 aromatic carbocycles. The Morgan fingerprint density at radius 3 is 2.43 bits per heavy atom. The first kappa shape index (κ1) is 12.0. The Bertz CT molecular complexity index is 153. The van der Waals surface area contributed by atoms with Crippen LogP contribution in [0, 0.1) is 0 Å². The summed E-state index contributed by atoms with van der Waals surface area (Å²) in [7, 11) is 0. The van der Waals surface area contributed by atoms with Gasteiger partial charge in [0.15, 0.2) is 0 Å². The molecule has 0 radical (unpaired) electrons. The van der Waals surface area contributed by atoms with E-state index in [-0.39, 0.29) is 0 Å². The average Bonchev–Trinajstić information content (AvgIpc) is 2.12. The van der Waals surface area contributed by atoms with Crippen molar-refractivity contribution in [2.45, 2.75) is 51.9 Å². The van der Waals surface area contributed by atoms with Gasteiger partial charge in [-0.2, -0.15) is 0 Å². The Balaban J connectivity index is 2.34. The van der Waals surface area contributed by atoms with Crippen LogP contribution >= 0.6 is 0 Å². The van der Waals surface area contributed by atoms with Crippen LogP contribution in [0.4, 0.5) is 0 Å². The fraction of sp³-hybridized carbons (Fsp3) is 1.00. The summed E-state index contributed by atoms with van der Waals surface area (Å²) in [6, 6.07) is 0.646. The smallest absolute Gasteiger partial charge is 0.0678 e. The van der Waals surface area contributed by atoms with E-state index in [1.165, 1.54) is 6.42 Å². The third kappa shape index (κ3) is 3.56. The molecule has 0 aliphatic carbocycles. The van der Waals surface area contributed by atoms with Gasteiger partial charge in [0.1, 0.15) is 0 Å². The van der Waals surface area contributed by atoms with Crippen LogP contribution in [-0.4, -0.2) is 42.8 Å². The second kappa shape index (κ2) is 5.69. The van der Waals surface area contributed by atoms with Crippen LogP contribution in [0.5, 0.6) is 0 Å². The van der Waals surface area contributed by atoms with E-state index in [1.54, 1.807) is 0 Å². The van der Waals surface area contributed by atoms with Crippen molar-refractivity contribution in [3.05, 3.63) is 0 Å². The molecule has 1 saturated heterocycles. The van der Waals surface area contributed by atoms with Gasteiger partial charge in [-0.25, -0.2) is 0 Å². The van der Waals surface area contributed by atoms with Crippen molar-refractivity contribution in [3.63, 3.8) is 0 Å². The van der Waals surface area contributed by atoms with E-state index in [0.717, 1.165) is 26.1 Å². The molecule has 0 saturated carbocycles. The van der Waals surface area contributed by atoms with Gasteiger partial charge in [0, 0.05) is 19.1 Å². The molecule has 3 atom stereocenters. The normalized spacial score (nSPS) is 31.7. The van der Waals surface area contributed by atoms with Gasteiger partial charge >= 0.3 is 0 Å². The highest BCUT2D eigenvalue weighted by molar-refractivity contribution is 4.77. The predicted molar refractivity (Wildman–Crippen MR) is 59.3 cm³/mol. The van der Waals surface area contributed by atoms with Crippen LogP contribution in [0.25, 0.3) is 0 Å². The molecule has 1 rings (SSSR count). The molecule has 0 spiro atoms. The maximum absolute atomic E-state index is 5.70. The van der Waals surface area contributed by atoms with Crippen molar-refractivity contribution in [1.29, 1.82) is 0 Å². The third-order valence-electron chi connectivity index (χ3n) is 2.90. The predicted octanol–water partition coefficient (Wildman–Crippen LogP) is 1.22. The molecule has 0 amide bonds. The van der Waals surface area contributed by atoms with Gasteiger partial charge in [-0.15, -0.1) is 0 Å². The van der Waals surface area contributed by atoms with E-state index in [4.69, 9.17) is 10.5 Å².